The summed E-state index contributed by atoms with van der Waals surface area (Å²) in [6.07, 6.45) is 1.40. The minimum atomic E-state index is -0.626. The SMILES string of the molecule is Cn1c(C2CN(C(=O)OC(C)(C)C)C(C)(C)C2)nc2c1C1(CCN(C(=O)OCc3ccccc3)CC1)Oc1ccccc1-2. The number of aromatic nitrogens is 2. The Balaban J connectivity index is 1.26. The van der Waals surface area contributed by atoms with Gasteiger partial charge in [-0.1, -0.05) is 42.5 Å². The number of ether oxygens (including phenoxy) is 3. The third-order valence-corrected chi connectivity index (χ3v) is 8.90. The fraction of sp³-hybridized carbons (Fsp3) is 0.500. The van der Waals surface area contributed by atoms with Crippen molar-refractivity contribution in [3.63, 3.8) is 0 Å². The molecule has 1 unspecified atom stereocenters. The van der Waals surface area contributed by atoms with Gasteiger partial charge in [0.25, 0.3) is 0 Å². The maximum Gasteiger partial charge on any atom is 0.410 e. The normalized spacial score (nSPS) is 20.3. The van der Waals surface area contributed by atoms with Crippen molar-refractivity contribution in [1.29, 1.82) is 0 Å². The lowest BCUT2D eigenvalue weighted by atomic mass is 9.83. The molecule has 9 heteroatoms. The number of piperidine rings is 1. The van der Waals surface area contributed by atoms with Gasteiger partial charge in [-0.25, -0.2) is 14.6 Å². The number of carbonyl (C=O) groups excluding carboxylic acids is 2. The fourth-order valence-electron chi connectivity index (χ4n) is 6.86. The highest BCUT2D eigenvalue weighted by molar-refractivity contribution is 5.74. The molecule has 6 rings (SSSR count). The number of likely N-dealkylation sites (tertiary alicyclic amines) is 2. The summed E-state index contributed by atoms with van der Waals surface area (Å²) in [5.74, 6) is 1.78. The number of rotatable bonds is 3. The van der Waals surface area contributed by atoms with Gasteiger partial charge in [0.2, 0.25) is 0 Å². The third kappa shape index (κ3) is 5.45. The van der Waals surface area contributed by atoms with E-state index in [0.717, 1.165) is 40.5 Å². The standard InChI is InChI=1S/C34H42N4O5/c1-32(2,3)43-31(40)38-21-24(20-33(38,4)5)29-35-27-25-14-10-11-15-26(25)42-34(28(27)36(29)6)16-18-37(19-17-34)30(39)41-22-23-12-8-7-9-13-23/h7-15,24H,16-22H2,1-6H3. The number of carbonyl (C=O) groups is 2. The predicted octanol–water partition coefficient (Wildman–Crippen LogP) is 6.61. The first kappa shape index (κ1) is 29.1. The zero-order chi connectivity index (χ0) is 30.6. The second kappa shape index (κ2) is 10.6. The largest absolute Gasteiger partial charge is 0.480 e. The highest BCUT2D eigenvalue weighted by atomic mass is 16.6. The molecule has 0 aliphatic carbocycles. The Morgan fingerprint density at radius 3 is 2.37 bits per heavy atom. The number of hydrogen-bond acceptors (Lipinski definition) is 6. The zero-order valence-corrected chi connectivity index (χ0v) is 26.1. The van der Waals surface area contributed by atoms with Gasteiger partial charge in [-0.15, -0.1) is 0 Å². The van der Waals surface area contributed by atoms with Crippen LogP contribution in [0.2, 0.25) is 0 Å². The van der Waals surface area contributed by atoms with Gasteiger partial charge in [-0.3, -0.25) is 0 Å². The van der Waals surface area contributed by atoms with E-state index in [4.69, 9.17) is 19.2 Å². The molecule has 0 saturated carbocycles. The molecule has 43 heavy (non-hydrogen) atoms. The van der Waals surface area contributed by atoms with Crippen LogP contribution in [0, 0.1) is 0 Å². The number of amides is 2. The summed E-state index contributed by atoms with van der Waals surface area (Å²) in [6, 6.07) is 17.8. The van der Waals surface area contributed by atoms with Crippen LogP contribution in [0.5, 0.6) is 5.75 Å². The maximum atomic E-state index is 13.2. The molecule has 2 aromatic carbocycles. The summed E-state index contributed by atoms with van der Waals surface area (Å²) in [5.41, 5.74) is 2.32. The van der Waals surface area contributed by atoms with E-state index in [1.807, 2.05) is 74.2 Å². The highest BCUT2D eigenvalue weighted by Crippen LogP contribution is 2.51. The van der Waals surface area contributed by atoms with E-state index in [1.165, 1.54) is 0 Å². The first-order chi connectivity index (χ1) is 20.4. The summed E-state index contributed by atoms with van der Waals surface area (Å²) in [7, 11) is 2.06. The van der Waals surface area contributed by atoms with Gasteiger partial charge in [-0.2, -0.15) is 0 Å². The molecule has 0 bridgehead atoms. The van der Waals surface area contributed by atoms with E-state index in [2.05, 4.69) is 31.5 Å². The number of imidazole rings is 1. The van der Waals surface area contributed by atoms with Gasteiger partial charge in [0.1, 0.15) is 23.8 Å². The molecule has 4 heterocycles. The Bertz CT molecular complexity index is 1520. The van der Waals surface area contributed by atoms with Crippen LogP contribution in [0.25, 0.3) is 11.3 Å². The lowest BCUT2D eigenvalue weighted by molar-refractivity contribution is -0.0116. The topological polar surface area (TPSA) is 86.1 Å². The lowest BCUT2D eigenvalue weighted by Crippen LogP contribution is -2.50. The lowest BCUT2D eigenvalue weighted by Gasteiger charge is -2.44. The average molecular weight is 587 g/mol. The van der Waals surface area contributed by atoms with Gasteiger partial charge in [0, 0.05) is 56.5 Å². The summed E-state index contributed by atoms with van der Waals surface area (Å²) < 4.78 is 20.4. The minimum absolute atomic E-state index is 0.0374. The van der Waals surface area contributed by atoms with E-state index in [1.54, 1.807) is 4.90 Å². The summed E-state index contributed by atoms with van der Waals surface area (Å²) >= 11 is 0. The molecule has 3 aromatic rings. The quantitative estimate of drug-likeness (QED) is 0.343. The molecule has 228 valence electrons. The van der Waals surface area contributed by atoms with E-state index in [-0.39, 0.29) is 30.3 Å². The van der Waals surface area contributed by atoms with Crippen LogP contribution in [0.15, 0.2) is 54.6 Å². The Morgan fingerprint density at radius 1 is 1.00 bits per heavy atom. The van der Waals surface area contributed by atoms with E-state index >= 15 is 0 Å². The van der Waals surface area contributed by atoms with Crippen molar-refractivity contribution in [3.05, 3.63) is 71.7 Å². The molecule has 1 atom stereocenters. The summed E-state index contributed by atoms with van der Waals surface area (Å²) in [5, 5.41) is 0. The average Bonchev–Trinajstić information content (AvgIpc) is 3.48. The number of para-hydroxylation sites is 1. The van der Waals surface area contributed by atoms with Gasteiger partial charge in [-0.05, 0) is 58.7 Å². The molecule has 0 N–H and O–H groups in total. The Kier molecular flexibility index (Phi) is 7.18. The van der Waals surface area contributed by atoms with E-state index in [9.17, 15) is 9.59 Å². The molecule has 2 amide bonds. The van der Waals surface area contributed by atoms with Crippen molar-refractivity contribution in [2.45, 2.75) is 83.1 Å². The molecule has 3 aliphatic heterocycles. The maximum absolute atomic E-state index is 13.2. The summed E-state index contributed by atoms with van der Waals surface area (Å²) in [6.45, 7) is 11.7. The van der Waals surface area contributed by atoms with Crippen LogP contribution in [0.3, 0.4) is 0 Å². The molecule has 1 spiro atoms. The number of hydrogen-bond donors (Lipinski definition) is 0. The van der Waals surface area contributed by atoms with Crippen LogP contribution in [-0.4, -0.2) is 62.3 Å². The molecular formula is C34H42N4O5. The number of benzene rings is 2. The monoisotopic (exact) mass is 586 g/mol. The van der Waals surface area contributed by atoms with Crippen molar-refractivity contribution >= 4 is 12.2 Å². The third-order valence-electron chi connectivity index (χ3n) is 8.90. The Morgan fingerprint density at radius 2 is 1.67 bits per heavy atom. The van der Waals surface area contributed by atoms with Crippen molar-refractivity contribution < 1.29 is 23.8 Å². The number of nitrogens with zero attached hydrogens (tertiary/aromatic N) is 4. The Labute approximate surface area is 253 Å². The molecule has 0 radical (unpaired) electrons. The molecular weight excluding hydrogens is 544 g/mol. The van der Waals surface area contributed by atoms with Crippen molar-refractivity contribution in [1.82, 2.24) is 19.4 Å². The molecule has 9 nitrogen and oxygen atoms in total. The molecule has 2 saturated heterocycles. The molecule has 1 aromatic heterocycles. The van der Waals surface area contributed by atoms with Crippen LogP contribution in [-0.2, 0) is 28.7 Å². The van der Waals surface area contributed by atoms with Crippen molar-refractivity contribution in [2.24, 2.45) is 7.05 Å². The van der Waals surface area contributed by atoms with Crippen LogP contribution >= 0.6 is 0 Å². The first-order valence-corrected chi connectivity index (χ1v) is 15.2. The van der Waals surface area contributed by atoms with Gasteiger partial charge < -0.3 is 28.6 Å². The predicted molar refractivity (Wildman–Crippen MR) is 163 cm³/mol. The summed E-state index contributed by atoms with van der Waals surface area (Å²) in [4.78, 5) is 35.0. The van der Waals surface area contributed by atoms with Crippen LogP contribution < -0.4 is 4.74 Å². The van der Waals surface area contributed by atoms with Crippen LogP contribution in [0.1, 0.15) is 76.9 Å². The minimum Gasteiger partial charge on any atom is -0.480 e. The second-order valence-electron chi connectivity index (χ2n) is 13.7. The molecule has 3 aliphatic rings. The van der Waals surface area contributed by atoms with Crippen molar-refractivity contribution in [2.75, 3.05) is 19.6 Å². The van der Waals surface area contributed by atoms with E-state index in [0.29, 0.717) is 32.5 Å². The zero-order valence-electron chi connectivity index (χ0n) is 26.1. The fourth-order valence-corrected chi connectivity index (χ4v) is 6.86. The van der Waals surface area contributed by atoms with Crippen LogP contribution in [0.4, 0.5) is 9.59 Å². The first-order valence-electron chi connectivity index (χ1n) is 15.2. The van der Waals surface area contributed by atoms with Crippen molar-refractivity contribution in [3.8, 4) is 17.0 Å². The second-order valence-corrected chi connectivity index (χ2v) is 13.7. The molecule has 2 fully saturated rings. The van der Waals surface area contributed by atoms with Gasteiger partial charge in [0.05, 0.1) is 11.4 Å². The smallest absolute Gasteiger partial charge is 0.410 e. The van der Waals surface area contributed by atoms with Gasteiger partial charge >= 0.3 is 12.2 Å². The highest BCUT2D eigenvalue weighted by Gasteiger charge is 2.50. The van der Waals surface area contributed by atoms with Gasteiger partial charge in [0.15, 0.2) is 5.60 Å². The van der Waals surface area contributed by atoms with E-state index < -0.39 is 11.2 Å². The number of fused-ring (bicyclic) bond motifs is 4. The Hall–Kier alpha value is -4.01.